The molecule has 5 nitrogen and oxygen atoms in total. The molecule has 0 unspecified atom stereocenters. The smallest absolute Gasteiger partial charge is 0.242 e. The van der Waals surface area contributed by atoms with Gasteiger partial charge in [0.1, 0.15) is 17.8 Å². The quantitative estimate of drug-likeness (QED) is 0.733. The van der Waals surface area contributed by atoms with Crippen molar-refractivity contribution in [2.45, 2.75) is 26.2 Å². The summed E-state index contributed by atoms with van der Waals surface area (Å²) < 4.78 is 18.4. The number of unbranched alkanes of at least 4 members (excludes halogenated alkanes) is 1. The van der Waals surface area contributed by atoms with Crippen LogP contribution in [0.4, 0.5) is 15.9 Å². The van der Waals surface area contributed by atoms with Gasteiger partial charge < -0.3 is 15.8 Å². The molecule has 1 heterocycles. The van der Waals surface area contributed by atoms with Gasteiger partial charge >= 0.3 is 0 Å². The summed E-state index contributed by atoms with van der Waals surface area (Å²) in [4.78, 5) is 8.17. The molecule has 22 heavy (non-hydrogen) atoms. The lowest BCUT2D eigenvalue weighted by Crippen LogP contribution is -2.11. The molecule has 3 N–H and O–H groups in total. The number of aromatic nitrogens is 2. The molecular formula is C16H21FN4O. The summed E-state index contributed by atoms with van der Waals surface area (Å²) in [7, 11) is 0. The lowest BCUT2D eigenvalue weighted by Gasteiger charge is -2.11. The maximum Gasteiger partial charge on any atom is 0.242 e. The Labute approximate surface area is 129 Å². The number of hydrogen-bond acceptors (Lipinski definition) is 5. The SMILES string of the molecule is CCCCOc1ncnc(NCCc2ccc(F)cc2)c1N. The van der Waals surface area contributed by atoms with E-state index in [0.717, 1.165) is 24.8 Å². The summed E-state index contributed by atoms with van der Waals surface area (Å²) >= 11 is 0. The summed E-state index contributed by atoms with van der Waals surface area (Å²) in [5, 5.41) is 3.16. The second kappa shape index (κ2) is 8.17. The molecule has 1 aromatic heterocycles. The summed E-state index contributed by atoms with van der Waals surface area (Å²) in [6.45, 7) is 3.32. The van der Waals surface area contributed by atoms with Gasteiger partial charge in [-0.3, -0.25) is 0 Å². The second-order valence-corrected chi connectivity index (χ2v) is 4.95. The Balaban J connectivity index is 1.89. The van der Waals surface area contributed by atoms with Gasteiger partial charge in [-0.25, -0.2) is 9.37 Å². The van der Waals surface area contributed by atoms with E-state index in [9.17, 15) is 4.39 Å². The summed E-state index contributed by atoms with van der Waals surface area (Å²) in [5.74, 6) is 0.738. The Kier molecular flexibility index (Phi) is 5.94. The molecule has 0 atom stereocenters. The minimum Gasteiger partial charge on any atom is -0.476 e. The highest BCUT2D eigenvalue weighted by molar-refractivity contribution is 5.66. The minimum absolute atomic E-state index is 0.231. The fraction of sp³-hybridized carbons (Fsp3) is 0.375. The Bertz CT molecular complexity index is 589. The van der Waals surface area contributed by atoms with Gasteiger partial charge in [0.2, 0.25) is 5.88 Å². The van der Waals surface area contributed by atoms with Crippen molar-refractivity contribution in [3.05, 3.63) is 42.0 Å². The van der Waals surface area contributed by atoms with Crippen molar-refractivity contribution < 1.29 is 9.13 Å². The molecule has 2 aromatic rings. The molecule has 0 aliphatic rings. The van der Waals surface area contributed by atoms with Crippen molar-refractivity contribution in [2.75, 3.05) is 24.2 Å². The maximum absolute atomic E-state index is 12.8. The molecular weight excluding hydrogens is 283 g/mol. The van der Waals surface area contributed by atoms with Crippen molar-refractivity contribution in [2.24, 2.45) is 0 Å². The van der Waals surface area contributed by atoms with E-state index in [4.69, 9.17) is 10.5 Å². The predicted molar refractivity (Wildman–Crippen MR) is 85.4 cm³/mol. The van der Waals surface area contributed by atoms with E-state index < -0.39 is 0 Å². The molecule has 1 aromatic carbocycles. The van der Waals surface area contributed by atoms with Crippen LogP contribution >= 0.6 is 0 Å². The third-order valence-corrected chi connectivity index (χ3v) is 3.20. The van der Waals surface area contributed by atoms with E-state index in [1.54, 1.807) is 12.1 Å². The van der Waals surface area contributed by atoms with Crippen molar-refractivity contribution >= 4 is 11.5 Å². The molecule has 6 heteroatoms. The first-order valence-corrected chi connectivity index (χ1v) is 7.42. The summed E-state index contributed by atoms with van der Waals surface area (Å²) in [6, 6.07) is 6.43. The molecule has 0 bridgehead atoms. The summed E-state index contributed by atoms with van der Waals surface area (Å²) in [5.41, 5.74) is 7.46. The van der Waals surface area contributed by atoms with Gasteiger partial charge in [0.05, 0.1) is 6.61 Å². The molecule has 0 spiro atoms. The number of rotatable bonds is 8. The number of nitrogens with zero attached hydrogens (tertiary/aromatic N) is 2. The van der Waals surface area contributed by atoms with Crippen LogP contribution in [0.5, 0.6) is 5.88 Å². The largest absolute Gasteiger partial charge is 0.476 e. The zero-order chi connectivity index (χ0) is 15.8. The van der Waals surface area contributed by atoms with E-state index >= 15 is 0 Å². The molecule has 0 amide bonds. The van der Waals surface area contributed by atoms with Crippen molar-refractivity contribution in [1.82, 2.24) is 9.97 Å². The number of benzene rings is 1. The summed E-state index contributed by atoms with van der Waals surface area (Å²) in [6.07, 6.45) is 4.18. The number of nitrogens with two attached hydrogens (primary N) is 1. The molecule has 0 fully saturated rings. The van der Waals surface area contributed by atoms with Crippen LogP contribution in [0.15, 0.2) is 30.6 Å². The van der Waals surface area contributed by atoms with E-state index in [0.29, 0.717) is 30.5 Å². The molecule has 0 saturated heterocycles. The number of ether oxygens (including phenoxy) is 1. The van der Waals surface area contributed by atoms with Crippen molar-refractivity contribution in [1.29, 1.82) is 0 Å². The molecule has 118 valence electrons. The number of hydrogen-bond donors (Lipinski definition) is 2. The average Bonchev–Trinajstić information content (AvgIpc) is 2.52. The lowest BCUT2D eigenvalue weighted by molar-refractivity contribution is 0.299. The van der Waals surface area contributed by atoms with Gasteiger partial charge in [0.25, 0.3) is 0 Å². The van der Waals surface area contributed by atoms with Crippen LogP contribution < -0.4 is 15.8 Å². The zero-order valence-electron chi connectivity index (χ0n) is 12.7. The van der Waals surface area contributed by atoms with Gasteiger partial charge in [-0.2, -0.15) is 4.98 Å². The highest BCUT2D eigenvalue weighted by Crippen LogP contribution is 2.24. The first-order chi connectivity index (χ1) is 10.7. The van der Waals surface area contributed by atoms with E-state index in [1.165, 1.54) is 18.5 Å². The van der Waals surface area contributed by atoms with Crippen LogP contribution in [0.1, 0.15) is 25.3 Å². The number of nitrogens with one attached hydrogen (secondary N) is 1. The average molecular weight is 304 g/mol. The molecule has 2 rings (SSSR count). The number of anilines is 2. The normalized spacial score (nSPS) is 10.5. The molecule has 0 aliphatic carbocycles. The van der Waals surface area contributed by atoms with Gasteiger partial charge in [-0.15, -0.1) is 0 Å². The van der Waals surface area contributed by atoms with Crippen molar-refractivity contribution in [3.63, 3.8) is 0 Å². The van der Waals surface area contributed by atoms with Crippen LogP contribution in [0, 0.1) is 5.82 Å². The fourth-order valence-electron chi connectivity index (χ4n) is 1.92. The standard InChI is InChI=1S/C16H21FN4O/c1-2-3-10-22-16-14(18)15(20-11-21-16)19-9-8-12-4-6-13(17)7-5-12/h4-7,11H,2-3,8-10,18H2,1H3,(H,19,20,21). The lowest BCUT2D eigenvalue weighted by atomic mass is 10.1. The Morgan fingerprint density at radius 2 is 2.00 bits per heavy atom. The monoisotopic (exact) mass is 304 g/mol. The third kappa shape index (κ3) is 4.58. The van der Waals surface area contributed by atoms with Crippen LogP contribution in [0.3, 0.4) is 0 Å². The van der Waals surface area contributed by atoms with E-state index in [2.05, 4.69) is 22.2 Å². The highest BCUT2D eigenvalue weighted by Gasteiger charge is 2.08. The number of nitrogen functional groups attached to an aromatic ring is 1. The van der Waals surface area contributed by atoms with Crippen molar-refractivity contribution in [3.8, 4) is 5.88 Å². The molecule has 0 saturated carbocycles. The predicted octanol–water partition coefficient (Wildman–Crippen LogP) is 3.03. The van der Waals surface area contributed by atoms with Crippen LogP contribution in [-0.2, 0) is 6.42 Å². The number of halogens is 1. The van der Waals surface area contributed by atoms with E-state index in [-0.39, 0.29) is 5.82 Å². The van der Waals surface area contributed by atoms with Crippen LogP contribution in [-0.4, -0.2) is 23.1 Å². The first-order valence-electron chi connectivity index (χ1n) is 7.42. The van der Waals surface area contributed by atoms with Crippen LogP contribution in [0.2, 0.25) is 0 Å². The second-order valence-electron chi connectivity index (χ2n) is 4.95. The van der Waals surface area contributed by atoms with Crippen LogP contribution in [0.25, 0.3) is 0 Å². The Hall–Kier alpha value is -2.37. The Morgan fingerprint density at radius 1 is 1.23 bits per heavy atom. The van der Waals surface area contributed by atoms with Gasteiger partial charge in [0, 0.05) is 6.54 Å². The third-order valence-electron chi connectivity index (χ3n) is 3.20. The van der Waals surface area contributed by atoms with Gasteiger partial charge in [-0.1, -0.05) is 25.5 Å². The molecule has 0 radical (unpaired) electrons. The topological polar surface area (TPSA) is 73.1 Å². The zero-order valence-corrected chi connectivity index (χ0v) is 12.7. The fourth-order valence-corrected chi connectivity index (χ4v) is 1.92. The minimum atomic E-state index is -0.231. The van der Waals surface area contributed by atoms with Gasteiger partial charge in [-0.05, 0) is 30.5 Å². The van der Waals surface area contributed by atoms with E-state index in [1.807, 2.05) is 0 Å². The van der Waals surface area contributed by atoms with Gasteiger partial charge in [0.15, 0.2) is 5.82 Å². The first kappa shape index (κ1) is 16.0. The highest BCUT2D eigenvalue weighted by atomic mass is 19.1. The molecule has 0 aliphatic heterocycles. The Morgan fingerprint density at radius 3 is 2.73 bits per heavy atom. The maximum atomic E-state index is 12.8.